The Hall–Kier alpha value is -11.9. The smallest absolute Gasteiger partial charge is 0.150 e. The minimum Gasteiger partial charge on any atom is -0.324 e. The molecule has 2 atom stereocenters. The summed E-state index contributed by atoms with van der Waals surface area (Å²) >= 11 is 1.84. The second-order valence-corrected chi connectivity index (χ2v) is 25.9. The zero-order chi connectivity index (χ0) is 61.8. The van der Waals surface area contributed by atoms with E-state index in [1.54, 1.807) is 0 Å². The summed E-state index contributed by atoms with van der Waals surface area (Å²) in [4.78, 5) is 10.6. The maximum atomic E-state index is 5.36. The van der Waals surface area contributed by atoms with E-state index in [4.69, 9.17) is 9.98 Å². The molecule has 7 heteroatoms. The summed E-state index contributed by atoms with van der Waals surface area (Å²) in [6, 6.07) is 109. The highest BCUT2D eigenvalue weighted by atomic mass is 32.1. The highest BCUT2D eigenvalue weighted by molar-refractivity contribution is 7.25. The standard InChI is InChI=1S/C87H58N6S/c1-5-17-55(18-6-1)61-33-43-71-69-25-13-15-27-77(69)91(79(71)50-61)66-38-29-57(30-39-66)63-35-45-73-74-46-36-64(58-31-40-67(41-32-58)92-78-28-16-14-26-70(78)72-44-34-62(51-80(72)92)56-19-7-2-8-20-56)53-82(74)93(81(73)52-63)68-42-48-84-76(54-68)75-49-65(37-47-83(75)94-84)87-89-85(59-21-9-3-10-22-59)88-86(90-87)60-23-11-4-12-24-60/h1-23,25-54,60,86H,24H2,(H,88,89,90). The van der Waals surface area contributed by atoms with Crippen molar-refractivity contribution >= 4 is 109 Å². The Labute approximate surface area is 546 Å². The van der Waals surface area contributed by atoms with E-state index in [0.29, 0.717) is 0 Å². The monoisotopic (exact) mass is 1220 g/mol. The normalized spacial score (nSPS) is 14.9. The van der Waals surface area contributed by atoms with Gasteiger partial charge >= 0.3 is 0 Å². The first-order chi connectivity index (χ1) is 46.6. The lowest BCUT2D eigenvalue weighted by atomic mass is 9.97. The molecule has 0 bridgehead atoms. The molecule has 13 aromatic carbocycles. The lowest BCUT2D eigenvalue weighted by Gasteiger charge is -2.26. The van der Waals surface area contributed by atoms with Gasteiger partial charge < -0.3 is 19.0 Å². The first kappa shape index (κ1) is 53.9. The maximum Gasteiger partial charge on any atom is 0.150 e. The Bertz CT molecular complexity index is 5760. The van der Waals surface area contributed by atoms with Gasteiger partial charge in [-0.05, 0) is 148 Å². The Kier molecular flexibility index (Phi) is 12.6. The lowest BCUT2D eigenvalue weighted by Crippen LogP contribution is -2.39. The number of fused-ring (bicyclic) bond motifs is 12. The summed E-state index contributed by atoms with van der Waals surface area (Å²) in [5.41, 5.74) is 21.9. The molecule has 19 rings (SSSR count). The molecule has 0 amide bonds. The summed E-state index contributed by atoms with van der Waals surface area (Å²) in [6.07, 6.45) is 9.35. The molecule has 2 unspecified atom stereocenters. The van der Waals surface area contributed by atoms with Crippen molar-refractivity contribution in [2.24, 2.45) is 15.9 Å². The van der Waals surface area contributed by atoms with E-state index >= 15 is 0 Å². The molecule has 442 valence electrons. The first-order valence-corrected chi connectivity index (χ1v) is 33.1. The van der Waals surface area contributed by atoms with Crippen LogP contribution < -0.4 is 5.32 Å². The van der Waals surface area contributed by atoms with Gasteiger partial charge in [0.1, 0.15) is 11.7 Å². The predicted molar refractivity (Wildman–Crippen MR) is 397 cm³/mol. The third-order valence-corrected chi connectivity index (χ3v) is 20.6. The van der Waals surface area contributed by atoms with Crippen molar-refractivity contribution in [1.82, 2.24) is 19.0 Å². The molecule has 5 heterocycles. The first-order valence-electron chi connectivity index (χ1n) is 32.3. The quantitative estimate of drug-likeness (QED) is 0.146. The number of thiophene rings is 1. The SMILES string of the molecule is C1=CCC(C2N=C(c3ccccc3)NC(c3ccc4sc5ccc(-n6c7cc(-c8ccc(-n9c%10ccccc%10c%10ccc(-c%11ccccc%11)cc%109)cc8)ccc7c7ccc(-c8ccc(-n9c%10ccccc%10c%10ccc(-c%11ccccc%11)cc%109)cc8)cc76)cc5c4c3)=N2)C=C1. The minimum absolute atomic E-state index is 0.168. The Morgan fingerprint density at radius 3 is 1.14 bits per heavy atom. The second-order valence-electron chi connectivity index (χ2n) is 24.9. The van der Waals surface area contributed by atoms with Crippen molar-refractivity contribution in [2.45, 2.75) is 12.6 Å². The molecule has 17 aromatic rings. The number of hydrogen-bond donors (Lipinski definition) is 1. The van der Waals surface area contributed by atoms with Crippen LogP contribution in [0.3, 0.4) is 0 Å². The van der Waals surface area contributed by atoms with Crippen LogP contribution in [0.4, 0.5) is 0 Å². The number of nitrogens with one attached hydrogen (secondary N) is 1. The summed E-state index contributed by atoms with van der Waals surface area (Å²) < 4.78 is 9.82. The summed E-state index contributed by atoms with van der Waals surface area (Å²) in [7, 11) is 0. The molecular weight excluding hydrogens is 1160 g/mol. The molecule has 2 aliphatic rings. The van der Waals surface area contributed by atoms with Gasteiger partial charge in [0, 0.05) is 86.6 Å². The van der Waals surface area contributed by atoms with E-state index < -0.39 is 0 Å². The van der Waals surface area contributed by atoms with Gasteiger partial charge in [-0.15, -0.1) is 11.3 Å². The topological polar surface area (TPSA) is 51.5 Å². The molecule has 1 aliphatic carbocycles. The number of aliphatic imine (C=N–C) groups is 2. The predicted octanol–water partition coefficient (Wildman–Crippen LogP) is 22.3. The molecule has 1 aliphatic heterocycles. The molecule has 1 N–H and O–H groups in total. The van der Waals surface area contributed by atoms with Crippen molar-refractivity contribution < 1.29 is 0 Å². The van der Waals surface area contributed by atoms with E-state index in [1.807, 2.05) is 11.3 Å². The average Bonchev–Trinajstić information content (AvgIpc) is 1.60. The summed E-state index contributed by atoms with van der Waals surface area (Å²) in [5.74, 6) is 1.85. The third-order valence-electron chi connectivity index (χ3n) is 19.4. The zero-order valence-electron chi connectivity index (χ0n) is 51.1. The van der Waals surface area contributed by atoms with Crippen molar-refractivity contribution in [3.8, 4) is 61.6 Å². The average molecular weight is 1220 g/mol. The molecule has 0 fully saturated rings. The van der Waals surface area contributed by atoms with Crippen LogP contribution in [-0.2, 0) is 0 Å². The number of nitrogens with zero attached hydrogens (tertiary/aromatic N) is 5. The molecule has 6 nitrogen and oxygen atoms in total. The minimum atomic E-state index is -0.252. The van der Waals surface area contributed by atoms with Gasteiger partial charge in [0.05, 0.1) is 33.1 Å². The highest BCUT2D eigenvalue weighted by Crippen LogP contribution is 2.43. The largest absolute Gasteiger partial charge is 0.324 e. The van der Waals surface area contributed by atoms with Crippen LogP contribution in [0, 0.1) is 5.92 Å². The summed E-state index contributed by atoms with van der Waals surface area (Å²) in [5, 5.41) is 13.5. The third kappa shape index (κ3) is 8.99. The van der Waals surface area contributed by atoms with E-state index in [0.717, 1.165) is 79.6 Å². The molecule has 0 saturated heterocycles. The zero-order valence-corrected chi connectivity index (χ0v) is 51.9. The van der Waals surface area contributed by atoms with Gasteiger partial charge in [0.25, 0.3) is 0 Å². The molecule has 94 heavy (non-hydrogen) atoms. The van der Waals surface area contributed by atoms with E-state index in [9.17, 15) is 0 Å². The molecule has 0 spiro atoms. The number of amidine groups is 2. The van der Waals surface area contributed by atoms with Crippen LogP contribution in [0.15, 0.2) is 332 Å². The van der Waals surface area contributed by atoms with Gasteiger partial charge in [-0.2, -0.15) is 0 Å². The van der Waals surface area contributed by atoms with Gasteiger partial charge in [-0.1, -0.05) is 224 Å². The van der Waals surface area contributed by atoms with Crippen molar-refractivity contribution in [3.05, 3.63) is 333 Å². The highest BCUT2D eigenvalue weighted by Gasteiger charge is 2.26. The van der Waals surface area contributed by atoms with Gasteiger partial charge in [0.2, 0.25) is 0 Å². The van der Waals surface area contributed by atoms with Gasteiger partial charge in [-0.3, -0.25) is 0 Å². The molecule has 4 aromatic heterocycles. The number of hydrogen-bond acceptors (Lipinski definition) is 4. The van der Waals surface area contributed by atoms with Crippen LogP contribution in [0.5, 0.6) is 0 Å². The summed E-state index contributed by atoms with van der Waals surface area (Å²) in [6.45, 7) is 0. The van der Waals surface area contributed by atoms with Gasteiger partial charge in [-0.25, -0.2) is 9.98 Å². The van der Waals surface area contributed by atoms with Crippen molar-refractivity contribution in [1.29, 1.82) is 0 Å². The van der Waals surface area contributed by atoms with E-state index in [2.05, 4.69) is 341 Å². The number of rotatable bonds is 10. The van der Waals surface area contributed by atoms with Crippen molar-refractivity contribution in [2.75, 3.05) is 0 Å². The van der Waals surface area contributed by atoms with Crippen LogP contribution in [-0.4, -0.2) is 31.5 Å². The Balaban J connectivity index is 0.746. The fourth-order valence-electron chi connectivity index (χ4n) is 14.8. The van der Waals surface area contributed by atoms with Crippen LogP contribution >= 0.6 is 11.3 Å². The van der Waals surface area contributed by atoms with Gasteiger partial charge in [0.15, 0.2) is 6.17 Å². The Morgan fingerprint density at radius 1 is 0.287 bits per heavy atom. The van der Waals surface area contributed by atoms with E-state index in [1.165, 1.54) is 96.8 Å². The second kappa shape index (κ2) is 21.9. The number of allylic oxidation sites excluding steroid dienone is 3. The number of para-hydroxylation sites is 2. The fourth-order valence-corrected chi connectivity index (χ4v) is 15.9. The van der Waals surface area contributed by atoms with E-state index in [-0.39, 0.29) is 12.1 Å². The number of benzene rings is 13. The fraction of sp³-hybridized carbons (Fsp3) is 0.0345. The van der Waals surface area contributed by atoms with Crippen LogP contribution in [0.1, 0.15) is 17.5 Å². The van der Waals surface area contributed by atoms with Crippen molar-refractivity contribution in [3.63, 3.8) is 0 Å². The van der Waals surface area contributed by atoms with Crippen LogP contribution in [0.2, 0.25) is 0 Å². The lowest BCUT2D eigenvalue weighted by molar-refractivity contribution is 0.517. The number of aromatic nitrogens is 3. The van der Waals surface area contributed by atoms with Crippen LogP contribution in [0.25, 0.3) is 147 Å². The molecular formula is C87H58N6S. The molecule has 0 radical (unpaired) electrons. The maximum absolute atomic E-state index is 5.36. The Morgan fingerprint density at radius 2 is 0.660 bits per heavy atom. The molecule has 0 saturated carbocycles.